The number of fused-ring (bicyclic) bond motifs is 1. The van der Waals surface area contributed by atoms with Crippen LogP contribution < -0.4 is 4.80 Å². The second-order valence-electron chi connectivity index (χ2n) is 7.76. The normalized spacial score (nSPS) is 12.4. The molecular formula is C23H26N2O5S2. The number of ether oxygens (including phenoxy) is 1. The van der Waals surface area contributed by atoms with Crippen LogP contribution in [0.1, 0.15) is 37.3 Å². The number of hydrogen-bond acceptors (Lipinski definition) is 6. The van der Waals surface area contributed by atoms with Crippen LogP contribution in [0.15, 0.2) is 53.5 Å². The van der Waals surface area contributed by atoms with Crippen LogP contribution in [-0.4, -0.2) is 37.7 Å². The van der Waals surface area contributed by atoms with Crippen molar-refractivity contribution in [1.29, 1.82) is 0 Å². The van der Waals surface area contributed by atoms with E-state index in [0.29, 0.717) is 16.3 Å². The summed E-state index contributed by atoms with van der Waals surface area (Å²) in [5.41, 5.74) is 2.58. The Morgan fingerprint density at radius 1 is 1.12 bits per heavy atom. The number of benzene rings is 2. The van der Waals surface area contributed by atoms with Crippen LogP contribution in [0.2, 0.25) is 0 Å². The molecule has 3 aromatic rings. The van der Waals surface area contributed by atoms with Gasteiger partial charge in [0, 0.05) is 6.42 Å². The van der Waals surface area contributed by atoms with Crippen LogP contribution in [0.25, 0.3) is 10.2 Å². The maximum absolute atomic E-state index is 12.5. The zero-order valence-corrected chi connectivity index (χ0v) is 19.9. The quantitative estimate of drug-likeness (QED) is 0.466. The third-order valence-electron chi connectivity index (χ3n) is 4.97. The second kappa shape index (κ2) is 10.2. The topological polar surface area (TPSA) is 94.8 Å². The zero-order valence-electron chi connectivity index (χ0n) is 18.3. The van der Waals surface area contributed by atoms with E-state index >= 15 is 0 Å². The number of thiazole rings is 1. The van der Waals surface area contributed by atoms with E-state index in [2.05, 4.69) is 18.8 Å². The van der Waals surface area contributed by atoms with E-state index < -0.39 is 21.7 Å². The Morgan fingerprint density at radius 2 is 1.84 bits per heavy atom. The fraction of sp³-hybridized carbons (Fsp3) is 0.348. The van der Waals surface area contributed by atoms with Crippen LogP contribution in [0.4, 0.5) is 0 Å². The average Bonchev–Trinajstić information content (AvgIpc) is 3.08. The predicted octanol–water partition coefficient (Wildman–Crippen LogP) is 3.43. The Kier molecular flexibility index (Phi) is 7.63. The molecule has 1 aromatic heterocycles. The molecule has 9 heteroatoms. The summed E-state index contributed by atoms with van der Waals surface area (Å²) in [4.78, 5) is 28.9. The molecule has 1 amide bonds. The Hall–Kier alpha value is -2.78. The number of carbonyl (C=O) groups is 2. The lowest BCUT2D eigenvalue weighted by Crippen LogP contribution is -2.23. The summed E-state index contributed by atoms with van der Waals surface area (Å²) in [6, 6.07) is 14.7. The summed E-state index contributed by atoms with van der Waals surface area (Å²) in [5.74, 6) is -1.09. The van der Waals surface area contributed by atoms with E-state index in [9.17, 15) is 18.0 Å². The minimum Gasteiger partial charge on any atom is -0.468 e. The van der Waals surface area contributed by atoms with E-state index in [4.69, 9.17) is 4.74 Å². The molecule has 0 fully saturated rings. The molecule has 0 unspecified atom stereocenters. The molecule has 0 aliphatic carbocycles. The molecule has 0 atom stereocenters. The molecule has 0 radical (unpaired) electrons. The Bertz CT molecular complexity index is 1290. The molecule has 7 nitrogen and oxygen atoms in total. The monoisotopic (exact) mass is 474 g/mol. The van der Waals surface area contributed by atoms with E-state index in [1.165, 1.54) is 18.4 Å². The van der Waals surface area contributed by atoms with Gasteiger partial charge < -0.3 is 9.30 Å². The molecule has 0 bridgehead atoms. The van der Waals surface area contributed by atoms with Crippen molar-refractivity contribution in [2.24, 2.45) is 4.99 Å². The smallest absolute Gasteiger partial charge is 0.325 e. The molecule has 1 heterocycles. The van der Waals surface area contributed by atoms with Gasteiger partial charge in [0.05, 0.1) is 28.8 Å². The number of methoxy groups -OCH3 is 1. The van der Waals surface area contributed by atoms with Gasteiger partial charge >= 0.3 is 5.97 Å². The number of rotatable bonds is 8. The van der Waals surface area contributed by atoms with Crippen molar-refractivity contribution < 1.29 is 22.7 Å². The lowest BCUT2D eigenvalue weighted by molar-refractivity contribution is -0.141. The van der Waals surface area contributed by atoms with Crippen LogP contribution in [-0.2, 0) is 36.5 Å². The van der Waals surface area contributed by atoms with Gasteiger partial charge in [0.1, 0.15) is 6.54 Å². The highest BCUT2D eigenvalue weighted by Gasteiger charge is 2.16. The van der Waals surface area contributed by atoms with Crippen molar-refractivity contribution in [3.05, 3.63) is 64.5 Å². The van der Waals surface area contributed by atoms with Gasteiger partial charge in [-0.05, 0) is 29.2 Å². The molecule has 0 saturated heterocycles. The van der Waals surface area contributed by atoms with Crippen molar-refractivity contribution >= 4 is 43.3 Å². The molecule has 32 heavy (non-hydrogen) atoms. The number of hydrogen-bond donors (Lipinski definition) is 0. The predicted molar refractivity (Wildman–Crippen MR) is 125 cm³/mol. The molecular weight excluding hydrogens is 448 g/mol. The molecule has 0 spiro atoms. The van der Waals surface area contributed by atoms with E-state index in [0.717, 1.165) is 15.8 Å². The molecule has 0 N–H and O–H groups in total. The molecule has 0 aliphatic heterocycles. The maximum Gasteiger partial charge on any atom is 0.325 e. The fourth-order valence-corrected chi connectivity index (χ4v) is 5.61. The Labute approximate surface area is 191 Å². The van der Waals surface area contributed by atoms with Gasteiger partial charge in [0.15, 0.2) is 14.6 Å². The van der Waals surface area contributed by atoms with Crippen molar-refractivity contribution in [3.63, 3.8) is 0 Å². The Balaban J connectivity index is 1.86. The van der Waals surface area contributed by atoms with Crippen molar-refractivity contribution in [3.8, 4) is 0 Å². The van der Waals surface area contributed by atoms with E-state index in [-0.39, 0.29) is 24.5 Å². The summed E-state index contributed by atoms with van der Waals surface area (Å²) in [7, 11) is -2.15. The summed E-state index contributed by atoms with van der Waals surface area (Å²) in [6.45, 7) is 4.08. The summed E-state index contributed by atoms with van der Waals surface area (Å²) < 4.78 is 32.1. The lowest BCUT2D eigenvalue weighted by atomic mass is 10.0. The number of esters is 1. The van der Waals surface area contributed by atoms with Crippen molar-refractivity contribution in [1.82, 2.24) is 4.57 Å². The number of carbonyl (C=O) groups excluding carboxylic acids is 2. The number of amides is 1. The van der Waals surface area contributed by atoms with Crippen LogP contribution >= 0.6 is 11.3 Å². The van der Waals surface area contributed by atoms with Gasteiger partial charge in [-0.25, -0.2) is 8.42 Å². The van der Waals surface area contributed by atoms with Gasteiger partial charge in [-0.3, -0.25) is 9.59 Å². The third-order valence-corrected chi connectivity index (χ3v) is 7.61. The van der Waals surface area contributed by atoms with E-state index in [1.807, 2.05) is 24.3 Å². The van der Waals surface area contributed by atoms with Crippen LogP contribution in [0.5, 0.6) is 0 Å². The second-order valence-corrected chi connectivity index (χ2v) is 11.0. The zero-order chi connectivity index (χ0) is 23.3. The number of sulfone groups is 1. The van der Waals surface area contributed by atoms with Gasteiger partial charge in [-0.2, -0.15) is 4.99 Å². The molecule has 0 aliphatic rings. The maximum atomic E-state index is 12.5. The van der Waals surface area contributed by atoms with Crippen molar-refractivity contribution in [2.45, 2.75) is 38.5 Å². The van der Waals surface area contributed by atoms with E-state index in [1.54, 1.807) is 28.8 Å². The first kappa shape index (κ1) is 23.9. The van der Waals surface area contributed by atoms with Gasteiger partial charge in [-0.15, -0.1) is 0 Å². The fourth-order valence-electron chi connectivity index (χ4n) is 3.19. The minimum atomic E-state index is -3.45. The van der Waals surface area contributed by atoms with Gasteiger partial charge in [0.2, 0.25) is 5.91 Å². The van der Waals surface area contributed by atoms with Gasteiger partial charge in [0.25, 0.3) is 0 Å². The number of aromatic nitrogens is 1. The Morgan fingerprint density at radius 3 is 2.50 bits per heavy atom. The lowest BCUT2D eigenvalue weighted by Gasteiger charge is -2.06. The first-order valence-corrected chi connectivity index (χ1v) is 12.8. The largest absolute Gasteiger partial charge is 0.468 e. The average molecular weight is 475 g/mol. The molecule has 0 saturated carbocycles. The molecule has 2 aromatic carbocycles. The first-order valence-electron chi connectivity index (χ1n) is 10.2. The van der Waals surface area contributed by atoms with Crippen LogP contribution in [0, 0.1) is 0 Å². The van der Waals surface area contributed by atoms with Gasteiger partial charge in [-0.1, -0.05) is 61.6 Å². The molecule has 170 valence electrons. The van der Waals surface area contributed by atoms with Crippen LogP contribution in [0.3, 0.4) is 0 Å². The SMILES string of the molecule is COC(=O)Cn1c(=NC(=O)CCS(=O)(=O)Cc2ccccc2)sc2cc(C(C)C)ccc21. The summed E-state index contributed by atoms with van der Waals surface area (Å²) in [5, 5.41) is 0. The van der Waals surface area contributed by atoms with Crippen molar-refractivity contribution in [2.75, 3.05) is 12.9 Å². The summed E-state index contributed by atoms with van der Waals surface area (Å²) in [6.07, 6.45) is -0.223. The first-order chi connectivity index (χ1) is 15.2. The standard InChI is InChI=1S/C23H26N2O5S2/c1-16(2)18-9-10-19-20(13-18)31-23(25(19)14-22(27)30-3)24-21(26)11-12-32(28,29)15-17-7-5-4-6-8-17/h4-10,13,16H,11-12,14-15H2,1-3H3. The minimum absolute atomic E-state index is 0.0874. The molecule has 3 rings (SSSR count). The highest BCUT2D eigenvalue weighted by molar-refractivity contribution is 7.90. The third kappa shape index (κ3) is 6.14. The summed E-state index contributed by atoms with van der Waals surface area (Å²) >= 11 is 1.29. The number of nitrogens with zero attached hydrogens (tertiary/aromatic N) is 2. The highest BCUT2D eigenvalue weighted by atomic mass is 32.2. The highest BCUT2D eigenvalue weighted by Crippen LogP contribution is 2.23.